The molecule has 0 aromatic heterocycles. The van der Waals surface area contributed by atoms with Gasteiger partial charge >= 0.3 is 0 Å². The Bertz CT molecular complexity index is 1510. The number of piperidine rings is 1. The van der Waals surface area contributed by atoms with Gasteiger partial charge in [-0.2, -0.15) is 5.10 Å². The number of carbonyl (C=O) groups is 2. The summed E-state index contributed by atoms with van der Waals surface area (Å²) >= 11 is 12.8. The number of fused-ring (bicyclic) bond motifs is 3. The predicted molar refractivity (Wildman–Crippen MR) is 141 cm³/mol. The number of rotatable bonds is 2. The van der Waals surface area contributed by atoms with Crippen molar-refractivity contribution >= 4 is 46.5 Å². The SMILES string of the molecule is Cc1ccc(F)cc1[C@@H]1N2CC(=O)N(C)N=C2C[C@H](c2cccc(Cl)c2)[C@@]12C(=O)Nc1cc(Cl)ccc12. The molecule has 3 heterocycles. The number of carbonyl (C=O) groups excluding carboxylic acids is 2. The van der Waals surface area contributed by atoms with Crippen LogP contribution in [-0.2, 0) is 15.0 Å². The molecule has 1 spiro atoms. The van der Waals surface area contributed by atoms with Gasteiger partial charge in [0.15, 0.2) is 0 Å². The van der Waals surface area contributed by atoms with Crippen LogP contribution in [0.5, 0.6) is 0 Å². The highest BCUT2D eigenvalue weighted by molar-refractivity contribution is 6.31. The summed E-state index contributed by atoms with van der Waals surface area (Å²) in [5.74, 6) is -0.642. The average Bonchev–Trinajstić information content (AvgIpc) is 3.13. The Morgan fingerprint density at radius 3 is 2.62 bits per heavy atom. The van der Waals surface area contributed by atoms with Crippen LogP contribution in [0.25, 0.3) is 0 Å². The van der Waals surface area contributed by atoms with Crippen molar-refractivity contribution in [3.05, 3.63) is 98.8 Å². The minimum absolute atomic E-state index is 0.0101. The molecule has 3 aromatic carbocycles. The van der Waals surface area contributed by atoms with Crippen LogP contribution in [0, 0.1) is 12.7 Å². The Balaban J connectivity index is 1.72. The normalized spacial score (nSPS) is 24.6. The fraction of sp³-hybridized carbons (Fsp3) is 0.250. The van der Waals surface area contributed by atoms with E-state index in [4.69, 9.17) is 23.2 Å². The van der Waals surface area contributed by atoms with Crippen LogP contribution in [0.3, 0.4) is 0 Å². The van der Waals surface area contributed by atoms with Gasteiger partial charge in [-0.3, -0.25) is 9.59 Å². The predicted octanol–water partition coefficient (Wildman–Crippen LogP) is 5.65. The Hall–Kier alpha value is -3.42. The Kier molecular flexibility index (Phi) is 5.55. The molecule has 3 aliphatic heterocycles. The number of nitrogens with one attached hydrogen (secondary N) is 1. The second kappa shape index (κ2) is 8.57. The van der Waals surface area contributed by atoms with Gasteiger partial charge in [0.05, 0.1) is 6.04 Å². The third-order valence-electron chi connectivity index (χ3n) is 7.78. The van der Waals surface area contributed by atoms with E-state index in [1.807, 2.05) is 36.1 Å². The molecule has 2 amide bonds. The van der Waals surface area contributed by atoms with E-state index < -0.39 is 23.2 Å². The number of hydrazone groups is 1. The summed E-state index contributed by atoms with van der Waals surface area (Å²) in [6.45, 7) is 1.89. The van der Waals surface area contributed by atoms with Crippen molar-refractivity contribution in [2.45, 2.75) is 30.7 Å². The van der Waals surface area contributed by atoms with Crippen molar-refractivity contribution in [2.75, 3.05) is 18.9 Å². The second-order valence-electron chi connectivity index (χ2n) is 9.79. The van der Waals surface area contributed by atoms with Crippen LogP contribution in [-0.4, -0.2) is 41.2 Å². The van der Waals surface area contributed by atoms with E-state index in [-0.39, 0.29) is 18.4 Å². The van der Waals surface area contributed by atoms with Gasteiger partial charge in [-0.25, -0.2) is 9.40 Å². The number of aryl methyl sites for hydroxylation is 1. The second-order valence-corrected chi connectivity index (χ2v) is 10.7. The monoisotopic (exact) mass is 536 g/mol. The largest absolute Gasteiger partial charge is 0.341 e. The van der Waals surface area contributed by atoms with Crippen molar-refractivity contribution in [3.8, 4) is 0 Å². The molecular weight excluding hydrogens is 514 g/mol. The highest BCUT2D eigenvalue weighted by Crippen LogP contribution is 2.61. The maximum Gasteiger partial charge on any atom is 0.262 e. The van der Waals surface area contributed by atoms with E-state index in [9.17, 15) is 14.0 Å². The van der Waals surface area contributed by atoms with E-state index in [1.165, 1.54) is 17.1 Å². The molecule has 0 bridgehead atoms. The van der Waals surface area contributed by atoms with E-state index in [0.29, 0.717) is 33.6 Å². The summed E-state index contributed by atoms with van der Waals surface area (Å²) in [6, 6.07) is 16.6. The number of amides is 2. The lowest BCUT2D eigenvalue weighted by atomic mass is 9.58. The summed E-state index contributed by atoms with van der Waals surface area (Å²) in [5, 5.41) is 10.0. The molecule has 0 aliphatic carbocycles. The van der Waals surface area contributed by atoms with Gasteiger partial charge in [-0.15, -0.1) is 0 Å². The first-order valence-electron chi connectivity index (χ1n) is 11.9. The van der Waals surface area contributed by atoms with Crippen molar-refractivity contribution in [1.29, 1.82) is 0 Å². The molecule has 9 heteroatoms. The molecule has 6 rings (SSSR count). The molecule has 3 aliphatic rings. The molecule has 188 valence electrons. The summed E-state index contributed by atoms with van der Waals surface area (Å²) in [7, 11) is 1.62. The molecule has 1 fully saturated rings. The number of hydrogen-bond donors (Lipinski definition) is 1. The van der Waals surface area contributed by atoms with E-state index in [0.717, 1.165) is 16.7 Å². The fourth-order valence-corrected chi connectivity index (χ4v) is 6.54. The Morgan fingerprint density at radius 1 is 1.05 bits per heavy atom. The van der Waals surface area contributed by atoms with Crippen molar-refractivity contribution < 1.29 is 14.0 Å². The van der Waals surface area contributed by atoms with Crippen LogP contribution in [0.4, 0.5) is 10.1 Å². The zero-order valence-corrected chi connectivity index (χ0v) is 21.6. The number of likely N-dealkylation sites (N-methyl/N-ethyl adjacent to an activating group) is 1. The molecular formula is C28H23Cl2FN4O2. The zero-order chi connectivity index (χ0) is 26.1. The number of amidine groups is 1. The minimum atomic E-state index is -1.22. The van der Waals surface area contributed by atoms with E-state index in [2.05, 4.69) is 10.4 Å². The lowest BCUT2D eigenvalue weighted by Crippen LogP contribution is -2.61. The van der Waals surface area contributed by atoms with Crippen LogP contribution < -0.4 is 5.32 Å². The molecule has 0 saturated carbocycles. The quantitative estimate of drug-likeness (QED) is 0.460. The van der Waals surface area contributed by atoms with Crippen LogP contribution >= 0.6 is 23.2 Å². The smallest absolute Gasteiger partial charge is 0.262 e. The lowest BCUT2D eigenvalue weighted by Gasteiger charge is -2.54. The van der Waals surface area contributed by atoms with Crippen molar-refractivity contribution in [1.82, 2.24) is 9.91 Å². The van der Waals surface area contributed by atoms with Crippen molar-refractivity contribution in [2.24, 2.45) is 5.10 Å². The summed E-state index contributed by atoms with van der Waals surface area (Å²) in [6.07, 6.45) is 0.373. The molecule has 37 heavy (non-hydrogen) atoms. The van der Waals surface area contributed by atoms with E-state index in [1.54, 1.807) is 31.3 Å². The number of anilines is 1. The molecule has 3 atom stereocenters. The molecule has 0 radical (unpaired) electrons. The van der Waals surface area contributed by atoms with Gasteiger partial charge < -0.3 is 10.2 Å². The topological polar surface area (TPSA) is 65.0 Å². The highest BCUT2D eigenvalue weighted by Gasteiger charge is 2.63. The first kappa shape index (κ1) is 23.9. The number of hydrogen-bond acceptors (Lipinski definition) is 4. The Morgan fingerprint density at radius 2 is 1.84 bits per heavy atom. The van der Waals surface area contributed by atoms with Crippen LogP contribution in [0.2, 0.25) is 10.0 Å². The Labute approximate surface area is 223 Å². The first-order valence-corrected chi connectivity index (χ1v) is 12.7. The maximum atomic E-state index is 14.8. The summed E-state index contributed by atoms with van der Waals surface area (Å²) in [4.78, 5) is 29.1. The zero-order valence-electron chi connectivity index (χ0n) is 20.1. The molecule has 0 unspecified atom stereocenters. The number of benzene rings is 3. The fourth-order valence-electron chi connectivity index (χ4n) is 6.17. The van der Waals surface area contributed by atoms with Gasteiger partial charge in [-0.05, 0) is 65.6 Å². The van der Waals surface area contributed by atoms with Crippen LogP contribution in [0.1, 0.15) is 40.6 Å². The molecule has 1 saturated heterocycles. The molecule has 3 aromatic rings. The van der Waals surface area contributed by atoms with Gasteiger partial charge in [0, 0.05) is 35.1 Å². The highest BCUT2D eigenvalue weighted by atomic mass is 35.5. The lowest BCUT2D eigenvalue weighted by molar-refractivity contribution is -0.135. The number of halogens is 3. The van der Waals surface area contributed by atoms with Gasteiger partial charge in [0.25, 0.3) is 5.91 Å². The third-order valence-corrected chi connectivity index (χ3v) is 8.25. The minimum Gasteiger partial charge on any atom is -0.341 e. The first-order chi connectivity index (χ1) is 17.7. The standard InChI is InChI=1S/C28H23Cl2FN4O2/c1-15-6-8-19(31)12-20(15)26-28(21-9-7-18(30)11-23(21)32-27(28)37)22(16-4-3-5-17(29)10-16)13-24-33-34(2)25(36)14-35(24)26/h3-12,22,26H,13-14H2,1-2H3,(H,32,37)/t22-,26+,28-/m1/s1. The van der Waals surface area contributed by atoms with Gasteiger partial charge in [0.2, 0.25) is 5.91 Å². The maximum absolute atomic E-state index is 14.8. The van der Waals surface area contributed by atoms with Gasteiger partial charge in [-0.1, -0.05) is 47.5 Å². The molecule has 6 nitrogen and oxygen atoms in total. The van der Waals surface area contributed by atoms with Crippen LogP contribution in [0.15, 0.2) is 65.8 Å². The summed E-state index contributed by atoms with van der Waals surface area (Å²) < 4.78 is 14.8. The van der Waals surface area contributed by atoms with E-state index >= 15 is 0 Å². The summed E-state index contributed by atoms with van der Waals surface area (Å²) in [5.41, 5.74) is 2.40. The number of nitrogens with zero attached hydrogens (tertiary/aromatic N) is 3. The average molecular weight is 537 g/mol. The van der Waals surface area contributed by atoms with Gasteiger partial charge in [0.1, 0.15) is 23.6 Å². The van der Waals surface area contributed by atoms with Crippen molar-refractivity contribution in [3.63, 3.8) is 0 Å². The third kappa shape index (κ3) is 3.55. The molecule has 1 N–H and O–H groups in total.